The lowest BCUT2D eigenvalue weighted by Crippen LogP contribution is -2.36. The van der Waals surface area contributed by atoms with Crippen LogP contribution in [0.3, 0.4) is 0 Å². The first-order valence-electron chi connectivity index (χ1n) is 7.11. The van der Waals surface area contributed by atoms with E-state index in [9.17, 15) is 4.79 Å². The average Bonchev–Trinajstić information content (AvgIpc) is 2.41. The molecule has 1 rings (SSSR count). The number of hydrogen-bond donors (Lipinski definition) is 2. The van der Waals surface area contributed by atoms with Crippen molar-refractivity contribution in [2.75, 3.05) is 20.1 Å². The summed E-state index contributed by atoms with van der Waals surface area (Å²) in [4.78, 5) is 12.2. The van der Waals surface area contributed by atoms with Crippen LogP contribution in [0.5, 0.6) is 0 Å². The van der Waals surface area contributed by atoms with E-state index >= 15 is 0 Å². The molecule has 2 N–H and O–H groups in total. The van der Waals surface area contributed by atoms with Gasteiger partial charge in [0.2, 0.25) is 5.91 Å². The van der Waals surface area contributed by atoms with Crippen LogP contribution in [0.1, 0.15) is 25.8 Å². The van der Waals surface area contributed by atoms with Gasteiger partial charge in [-0.15, -0.1) is 12.4 Å². The van der Waals surface area contributed by atoms with Crippen LogP contribution in [0, 0.1) is 11.8 Å². The lowest BCUT2D eigenvalue weighted by molar-refractivity contribution is -0.126. The highest BCUT2D eigenvalue weighted by molar-refractivity contribution is 5.85. The molecule has 4 heteroatoms. The molecular formula is C16H27ClN2O. The molecule has 114 valence electrons. The van der Waals surface area contributed by atoms with Crippen LogP contribution < -0.4 is 10.6 Å². The van der Waals surface area contributed by atoms with Crippen molar-refractivity contribution in [1.29, 1.82) is 0 Å². The van der Waals surface area contributed by atoms with Gasteiger partial charge in [-0.25, -0.2) is 0 Å². The predicted molar refractivity (Wildman–Crippen MR) is 87.3 cm³/mol. The fraction of sp³-hybridized carbons (Fsp3) is 0.562. The van der Waals surface area contributed by atoms with E-state index < -0.39 is 0 Å². The second-order valence-electron chi connectivity index (χ2n) is 5.29. The molecular weight excluding hydrogens is 272 g/mol. The summed E-state index contributed by atoms with van der Waals surface area (Å²) in [6.45, 7) is 5.91. The van der Waals surface area contributed by atoms with E-state index in [0.717, 1.165) is 25.9 Å². The minimum Gasteiger partial charge on any atom is -0.356 e. The number of hydrogen-bond acceptors (Lipinski definition) is 2. The summed E-state index contributed by atoms with van der Waals surface area (Å²) in [5.41, 5.74) is 1.23. The van der Waals surface area contributed by atoms with Crippen LogP contribution in [-0.2, 0) is 11.2 Å². The molecule has 0 spiro atoms. The topological polar surface area (TPSA) is 41.1 Å². The normalized spacial score (nSPS) is 11.8. The Morgan fingerprint density at radius 3 is 2.35 bits per heavy atom. The minimum absolute atomic E-state index is 0. The number of halogens is 1. The van der Waals surface area contributed by atoms with E-state index in [2.05, 4.69) is 36.6 Å². The SMILES string of the molecule is CNCCCNC(=O)C(Cc1ccccc1)C(C)C.Cl. The predicted octanol–water partition coefficient (Wildman–Crippen LogP) is 2.65. The van der Waals surface area contributed by atoms with Gasteiger partial charge >= 0.3 is 0 Å². The summed E-state index contributed by atoms with van der Waals surface area (Å²) in [6, 6.07) is 10.2. The molecule has 1 unspecified atom stereocenters. The smallest absolute Gasteiger partial charge is 0.223 e. The Kier molecular flexibility index (Phi) is 10.1. The highest BCUT2D eigenvalue weighted by Gasteiger charge is 2.21. The van der Waals surface area contributed by atoms with Crippen molar-refractivity contribution in [2.45, 2.75) is 26.7 Å². The lowest BCUT2D eigenvalue weighted by atomic mass is 9.88. The molecule has 0 heterocycles. The van der Waals surface area contributed by atoms with Gasteiger partial charge in [-0.2, -0.15) is 0 Å². The van der Waals surface area contributed by atoms with Crippen molar-refractivity contribution in [1.82, 2.24) is 10.6 Å². The molecule has 20 heavy (non-hydrogen) atoms. The highest BCUT2D eigenvalue weighted by atomic mass is 35.5. The van der Waals surface area contributed by atoms with Crippen LogP contribution >= 0.6 is 12.4 Å². The van der Waals surface area contributed by atoms with Crippen LogP contribution in [0.25, 0.3) is 0 Å². The van der Waals surface area contributed by atoms with Crippen molar-refractivity contribution >= 4 is 18.3 Å². The molecule has 1 aromatic carbocycles. The molecule has 0 aliphatic heterocycles. The van der Waals surface area contributed by atoms with Gasteiger partial charge in [0.15, 0.2) is 0 Å². The van der Waals surface area contributed by atoms with Gasteiger partial charge in [-0.1, -0.05) is 44.2 Å². The fourth-order valence-corrected chi connectivity index (χ4v) is 2.11. The summed E-state index contributed by atoms with van der Waals surface area (Å²) in [5.74, 6) is 0.580. The summed E-state index contributed by atoms with van der Waals surface area (Å²) >= 11 is 0. The number of nitrogens with one attached hydrogen (secondary N) is 2. The van der Waals surface area contributed by atoms with Crippen molar-refractivity contribution < 1.29 is 4.79 Å². The standard InChI is InChI=1S/C16H26N2O.ClH/c1-13(2)15(12-14-8-5-4-6-9-14)16(19)18-11-7-10-17-3;/h4-6,8-9,13,15,17H,7,10-12H2,1-3H3,(H,18,19);1H. The van der Waals surface area contributed by atoms with Gasteiger partial charge in [0.1, 0.15) is 0 Å². The molecule has 1 aromatic rings. The quantitative estimate of drug-likeness (QED) is 0.725. The Hall–Kier alpha value is -1.06. The van der Waals surface area contributed by atoms with Crippen LogP contribution in [0.4, 0.5) is 0 Å². The maximum atomic E-state index is 12.2. The molecule has 1 atom stereocenters. The average molecular weight is 299 g/mol. The lowest BCUT2D eigenvalue weighted by Gasteiger charge is -2.20. The van der Waals surface area contributed by atoms with Crippen molar-refractivity contribution in [3.8, 4) is 0 Å². The first kappa shape index (κ1) is 18.9. The van der Waals surface area contributed by atoms with E-state index in [1.165, 1.54) is 5.56 Å². The number of rotatable bonds is 8. The Bertz CT molecular complexity index is 368. The van der Waals surface area contributed by atoms with Crippen molar-refractivity contribution in [2.24, 2.45) is 11.8 Å². The first-order valence-corrected chi connectivity index (χ1v) is 7.11. The molecule has 0 bridgehead atoms. The molecule has 1 amide bonds. The number of benzene rings is 1. The Morgan fingerprint density at radius 1 is 1.15 bits per heavy atom. The van der Waals surface area contributed by atoms with E-state index in [0.29, 0.717) is 5.92 Å². The summed E-state index contributed by atoms with van der Waals surface area (Å²) in [7, 11) is 1.92. The summed E-state index contributed by atoms with van der Waals surface area (Å²) < 4.78 is 0. The third-order valence-electron chi connectivity index (χ3n) is 3.34. The van der Waals surface area contributed by atoms with Crippen molar-refractivity contribution in [3.05, 3.63) is 35.9 Å². The molecule has 0 saturated heterocycles. The number of amides is 1. The monoisotopic (exact) mass is 298 g/mol. The summed E-state index contributed by atoms with van der Waals surface area (Å²) in [6.07, 6.45) is 1.79. The van der Waals surface area contributed by atoms with Crippen LogP contribution in [0.2, 0.25) is 0 Å². The zero-order valence-electron chi connectivity index (χ0n) is 12.7. The van der Waals surface area contributed by atoms with Crippen LogP contribution in [-0.4, -0.2) is 26.0 Å². The Labute approximate surface area is 128 Å². The number of carbonyl (C=O) groups excluding carboxylic acids is 1. The molecule has 0 saturated carbocycles. The molecule has 0 fully saturated rings. The largest absolute Gasteiger partial charge is 0.356 e. The Morgan fingerprint density at radius 2 is 1.80 bits per heavy atom. The maximum absolute atomic E-state index is 12.2. The molecule has 0 aliphatic carbocycles. The number of carbonyl (C=O) groups is 1. The zero-order chi connectivity index (χ0) is 14.1. The minimum atomic E-state index is 0. The molecule has 0 aliphatic rings. The van der Waals surface area contributed by atoms with Crippen LogP contribution in [0.15, 0.2) is 30.3 Å². The fourth-order valence-electron chi connectivity index (χ4n) is 2.11. The van der Waals surface area contributed by atoms with E-state index in [1.807, 2.05) is 25.2 Å². The van der Waals surface area contributed by atoms with E-state index in [-0.39, 0.29) is 24.2 Å². The van der Waals surface area contributed by atoms with Crippen molar-refractivity contribution in [3.63, 3.8) is 0 Å². The third-order valence-corrected chi connectivity index (χ3v) is 3.34. The van der Waals surface area contributed by atoms with Gasteiger partial charge in [-0.05, 0) is 37.9 Å². The second kappa shape index (κ2) is 10.7. The molecule has 0 aromatic heterocycles. The zero-order valence-corrected chi connectivity index (χ0v) is 13.5. The van der Waals surface area contributed by atoms with Gasteiger partial charge in [0, 0.05) is 12.5 Å². The van der Waals surface area contributed by atoms with Gasteiger partial charge in [0.25, 0.3) is 0 Å². The van der Waals surface area contributed by atoms with E-state index in [4.69, 9.17) is 0 Å². The molecule has 0 radical (unpaired) electrons. The molecule has 3 nitrogen and oxygen atoms in total. The third kappa shape index (κ3) is 6.92. The van der Waals surface area contributed by atoms with Gasteiger partial charge in [0.05, 0.1) is 0 Å². The Balaban J connectivity index is 0.00000361. The van der Waals surface area contributed by atoms with E-state index in [1.54, 1.807) is 0 Å². The first-order chi connectivity index (χ1) is 9.15. The van der Waals surface area contributed by atoms with Gasteiger partial charge < -0.3 is 10.6 Å². The van der Waals surface area contributed by atoms with Gasteiger partial charge in [-0.3, -0.25) is 4.79 Å². The second-order valence-corrected chi connectivity index (χ2v) is 5.29. The highest BCUT2D eigenvalue weighted by Crippen LogP contribution is 2.17. The maximum Gasteiger partial charge on any atom is 0.223 e. The summed E-state index contributed by atoms with van der Waals surface area (Å²) in [5, 5.41) is 6.12.